The van der Waals surface area contributed by atoms with Crippen LogP contribution in [-0.2, 0) is 21.4 Å². The third kappa shape index (κ3) is 4.91. The predicted molar refractivity (Wildman–Crippen MR) is 142 cm³/mol. The average molecular weight is 523 g/mol. The van der Waals surface area contributed by atoms with Gasteiger partial charge >= 0.3 is 0 Å². The SMILES string of the molecule is COc1ccc([C@@H]2SCC(=O)N(CC(=O)N3CCOCC3)c3c2c(-c2ccccc2)nn3C)cc1OC. The molecule has 0 aliphatic carbocycles. The van der Waals surface area contributed by atoms with Crippen LogP contribution in [-0.4, -0.2) is 79.3 Å². The summed E-state index contributed by atoms with van der Waals surface area (Å²) in [5, 5.41) is 4.65. The molecule has 3 heterocycles. The Labute approximate surface area is 220 Å². The van der Waals surface area contributed by atoms with Gasteiger partial charge < -0.3 is 19.1 Å². The van der Waals surface area contributed by atoms with Crippen LogP contribution in [0.4, 0.5) is 5.82 Å². The Kier molecular flexibility index (Phi) is 7.38. The van der Waals surface area contributed by atoms with Crippen LogP contribution in [0.5, 0.6) is 11.5 Å². The summed E-state index contributed by atoms with van der Waals surface area (Å²) in [6.45, 7) is 2.02. The van der Waals surface area contributed by atoms with Gasteiger partial charge in [0.05, 0.1) is 44.1 Å². The van der Waals surface area contributed by atoms with Crippen molar-refractivity contribution in [2.75, 3.05) is 57.7 Å². The number of hydrogen-bond acceptors (Lipinski definition) is 7. The average Bonchev–Trinajstić information content (AvgIpc) is 3.20. The Hall–Kier alpha value is -3.50. The molecular formula is C27H30N4O5S. The molecule has 0 N–H and O–H groups in total. The molecule has 1 fully saturated rings. The van der Waals surface area contributed by atoms with E-state index in [1.54, 1.807) is 28.7 Å². The number of aryl methyl sites for hydroxylation is 1. The summed E-state index contributed by atoms with van der Waals surface area (Å²) in [5.74, 6) is 1.88. The summed E-state index contributed by atoms with van der Waals surface area (Å²) < 4.78 is 18.1. The van der Waals surface area contributed by atoms with Gasteiger partial charge in [-0.05, 0) is 17.7 Å². The first-order valence-corrected chi connectivity index (χ1v) is 13.2. The highest BCUT2D eigenvalue weighted by Gasteiger charge is 2.37. The number of rotatable bonds is 6. The summed E-state index contributed by atoms with van der Waals surface area (Å²) in [6, 6.07) is 15.7. The van der Waals surface area contributed by atoms with E-state index in [1.807, 2.05) is 55.6 Å². The summed E-state index contributed by atoms with van der Waals surface area (Å²) >= 11 is 1.52. The van der Waals surface area contributed by atoms with Gasteiger partial charge in [0.15, 0.2) is 11.5 Å². The Bertz CT molecular complexity index is 1290. The van der Waals surface area contributed by atoms with Crippen molar-refractivity contribution < 1.29 is 23.8 Å². The van der Waals surface area contributed by atoms with E-state index in [1.165, 1.54) is 11.8 Å². The third-order valence-corrected chi connectivity index (χ3v) is 7.91. The van der Waals surface area contributed by atoms with Crippen LogP contribution in [0.3, 0.4) is 0 Å². The van der Waals surface area contributed by atoms with Gasteiger partial charge in [0.1, 0.15) is 12.4 Å². The van der Waals surface area contributed by atoms with Crippen molar-refractivity contribution in [1.82, 2.24) is 14.7 Å². The molecule has 0 radical (unpaired) electrons. The van der Waals surface area contributed by atoms with Gasteiger partial charge in [-0.2, -0.15) is 5.10 Å². The number of nitrogens with zero attached hydrogens (tertiary/aromatic N) is 4. The van der Waals surface area contributed by atoms with E-state index in [0.717, 1.165) is 22.4 Å². The highest BCUT2D eigenvalue weighted by Crippen LogP contribution is 2.48. The van der Waals surface area contributed by atoms with Gasteiger partial charge in [0.2, 0.25) is 11.8 Å². The number of fused-ring (bicyclic) bond motifs is 1. The number of methoxy groups -OCH3 is 2. The molecule has 10 heteroatoms. The molecule has 0 unspecified atom stereocenters. The van der Waals surface area contributed by atoms with E-state index >= 15 is 0 Å². The van der Waals surface area contributed by atoms with Gasteiger partial charge in [-0.25, -0.2) is 0 Å². The van der Waals surface area contributed by atoms with Crippen LogP contribution in [0.15, 0.2) is 48.5 Å². The second-order valence-corrected chi connectivity index (χ2v) is 9.95. The number of benzene rings is 2. The molecule has 2 aromatic carbocycles. The van der Waals surface area contributed by atoms with Gasteiger partial charge in [-0.1, -0.05) is 36.4 Å². The lowest BCUT2D eigenvalue weighted by Crippen LogP contribution is -2.48. The fraction of sp³-hybridized carbons (Fsp3) is 0.370. The Balaban J connectivity index is 1.63. The minimum absolute atomic E-state index is 0.0428. The monoisotopic (exact) mass is 522 g/mol. The van der Waals surface area contributed by atoms with Crippen LogP contribution in [0.2, 0.25) is 0 Å². The zero-order valence-electron chi connectivity index (χ0n) is 21.2. The number of thioether (sulfide) groups is 1. The molecule has 2 aliphatic rings. The van der Waals surface area contributed by atoms with E-state index in [4.69, 9.17) is 19.3 Å². The third-order valence-electron chi connectivity index (χ3n) is 6.66. The first-order chi connectivity index (χ1) is 18.0. The molecule has 0 bridgehead atoms. The Morgan fingerprint density at radius 1 is 1.08 bits per heavy atom. The number of carbonyl (C=O) groups is 2. The molecular weight excluding hydrogens is 492 g/mol. The van der Waals surface area contributed by atoms with Gasteiger partial charge in [0.25, 0.3) is 0 Å². The number of anilines is 1. The van der Waals surface area contributed by atoms with Gasteiger partial charge in [-0.3, -0.25) is 19.2 Å². The maximum Gasteiger partial charge on any atom is 0.242 e. The maximum absolute atomic E-state index is 13.5. The molecule has 3 aromatic rings. The van der Waals surface area contributed by atoms with Gasteiger partial charge in [-0.15, -0.1) is 11.8 Å². The minimum atomic E-state index is -0.217. The summed E-state index contributed by atoms with van der Waals surface area (Å²) in [7, 11) is 5.04. The summed E-state index contributed by atoms with van der Waals surface area (Å²) in [4.78, 5) is 30.1. The zero-order chi connectivity index (χ0) is 25.9. The van der Waals surface area contributed by atoms with E-state index in [-0.39, 0.29) is 29.4 Å². The highest BCUT2D eigenvalue weighted by atomic mass is 32.2. The number of carbonyl (C=O) groups excluding carboxylic acids is 2. The molecule has 9 nitrogen and oxygen atoms in total. The van der Waals surface area contributed by atoms with Crippen molar-refractivity contribution in [3.63, 3.8) is 0 Å². The largest absolute Gasteiger partial charge is 0.493 e. The number of aromatic nitrogens is 2. The topological polar surface area (TPSA) is 86.1 Å². The first-order valence-electron chi connectivity index (χ1n) is 12.1. The lowest BCUT2D eigenvalue weighted by Gasteiger charge is -2.30. The number of ether oxygens (including phenoxy) is 3. The van der Waals surface area contributed by atoms with Gasteiger partial charge in [0, 0.05) is 31.3 Å². The second kappa shape index (κ2) is 10.9. The molecule has 2 aliphatic heterocycles. The van der Waals surface area contributed by atoms with Crippen molar-refractivity contribution in [2.24, 2.45) is 7.05 Å². The number of morpholine rings is 1. The van der Waals surface area contributed by atoms with Crippen molar-refractivity contribution in [2.45, 2.75) is 5.25 Å². The molecule has 1 saturated heterocycles. The molecule has 0 spiro atoms. The van der Waals surface area contributed by atoms with Crippen molar-refractivity contribution >= 4 is 29.4 Å². The lowest BCUT2D eigenvalue weighted by atomic mass is 9.99. The highest BCUT2D eigenvalue weighted by molar-refractivity contribution is 8.00. The van der Waals surface area contributed by atoms with Crippen LogP contribution in [0.1, 0.15) is 16.4 Å². The minimum Gasteiger partial charge on any atom is -0.493 e. The molecule has 1 atom stereocenters. The fourth-order valence-corrected chi connectivity index (χ4v) is 6.01. The predicted octanol–water partition coefficient (Wildman–Crippen LogP) is 3.13. The molecule has 194 valence electrons. The van der Waals surface area contributed by atoms with Crippen LogP contribution < -0.4 is 14.4 Å². The lowest BCUT2D eigenvalue weighted by molar-refractivity contribution is -0.134. The Morgan fingerprint density at radius 3 is 2.51 bits per heavy atom. The molecule has 37 heavy (non-hydrogen) atoms. The smallest absolute Gasteiger partial charge is 0.242 e. The first kappa shape index (κ1) is 25.2. The van der Waals surface area contributed by atoms with Crippen LogP contribution in [0.25, 0.3) is 11.3 Å². The zero-order valence-corrected chi connectivity index (χ0v) is 22.0. The summed E-state index contributed by atoms with van der Waals surface area (Å²) in [5.41, 5.74) is 3.58. The summed E-state index contributed by atoms with van der Waals surface area (Å²) in [6.07, 6.45) is 0. The van der Waals surface area contributed by atoms with Crippen molar-refractivity contribution in [1.29, 1.82) is 0 Å². The number of amides is 2. The van der Waals surface area contributed by atoms with E-state index in [9.17, 15) is 9.59 Å². The molecule has 1 aromatic heterocycles. The quantitative estimate of drug-likeness (QED) is 0.492. The van der Waals surface area contributed by atoms with E-state index in [0.29, 0.717) is 43.6 Å². The molecule has 2 amide bonds. The van der Waals surface area contributed by atoms with E-state index in [2.05, 4.69) is 0 Å². The van der Waals surface area contributed by atoms with Crippen molar-refractivity contribution in [3.05, 3.63) is 59.7 Å². The van der Waals surface area contributed by atoms with E-state index < -0.39 is 0 Å². The van der Waals surface area contributed by atoms with Crippen LogP contribution >= 0.6 is 11.8 Å². The van der Waals surface area contributed by atoms with Crippen molar-refractivity contribution in [3.8, 4) is 22.8 Å². The fourth-order valence-electron chi connectivity index (χ4n) is 4.83. The molecule has 5 rings (SSSR count). The Morgan fingerprint density at radius 2 is 1.81 bits per heavy atom. The van der Waals surface area contributed by atoms with Crippen LogP contribution in [0, 0.1) is 0 Å². The number of hydrogen-bond donors (Lipinski definition) is 0. The molecule has 0 saturated carbocycles. The standard InChI is InChI=1S/C27H30N4O5S/c1-29-27-24(25(28-29)18-7-5-4-6-8-18)26(19-9-10-20(34-2)21(15-19)35-3)37-17-23(33)31(27)16-22(32)30-11-13-36-14-12-30/h4-10,15,26H,11-14,16-17H2,1-3H3/t26-/m0/s1. The second-order valence-electron chi connectivity index (χ2n) is 8.85. The normalized spacial score (nSPS) is 17.8. The maximum atomic E-state index is 13.5.